The Balaban J connectivity index is 1.48. The van der Waals surface area contributed by atoms with Crippen molar-refractivity contribution in [2.24, 2.45) is 34.3 Å². The van der Waals surface area contributed by atoms with E-state index in [0.29, 0.717) is 19.5 Å². The van der Waals surface area contributed by atoms with E-state index in [9.17, 15) is 24.0 Å². The summed E-state index contributed by atoms with van der Waals surface area (Å²) in [5, 5.41) is 8.19. The van der Waals surface area contributed by atoms with Crippen molar-refractivity contribution >= 4 is 29.7 Å². The third kappa shape index (κ3) is 6.08. The SMILES string of the molecule is CC(C)(C)[C@H](NC(=O)OCc1ccccc1)C(=O)N1C[C@H]2[C@@H]([C@H]1C(=O)N[C@@H](C[C@@H]1CCNC1=O)C(N)=O)C2(C)C. The first kappa shape index (κ1) is 29.4. The number of nitrogens with one attached hydrogen (secondary N) is 3. The Morgan fingerprint density at radius 1 is 1.15 bits per heavy atom. The first-order chi connectivity index (χ1) is 18.7. The Morgan fingerprint density at radius 2 is 1.82 bits per heavy atom. The first-order valence-corrected chi connectivity index (χ1v) is 13.9. The molecule has 3 fully saturated rings. The summed E-state index contributed by atoms with van der Waals surface area (Å²) < 4.78 is 5.37. The number of amides is 5. The molecule has 2 aliphatic heterocycles. The molecule has 11 nitrogen and oxygen atoms in total. The third-order valence-electron chi connectivity index (χ3n) is 8.69. The van der Waals surface area contributed by atoms with Crippen LogP contribution < -0.4 is 21.7 Å². The molecule has 1 saturated carbocycles. The largest absolute Gasteiger partial charge is 0.445 e. The van der Waals surface area contributed by atoms with Crippen molar-refractivity contribution in [3.8, 4) is 0 Å². The van der Waals surface area contributed by atoms with Gasteiger partial charge in [-0.05, 0) is 41.1 Å². The van der Waals surface area contributed by atoms with Crippen LogP contribution in [0.25, 0.3) is 0 Å². The van der Waals surface area contributed by atoms with E-state index in [0.717, 1.165) is 5.56 Å². The van der Waals surface area contributed by atoms with Crippen LogP contribution in [-0.4, -0.2) is 65.8 Å². The Morgan fingerprint density at radius 3 is 2.40 bits per heavy atom. The van der Waals surface area contributed by atoms with E-state index in [2.05, 4.69) is 29.8 Å². The van der Waals surface area contributed by atoms with Gasteiger partial charge in [0.05, 0.1) is 0 Å². The lowest BCUT2D eigenvalue weighted by atomic mass is 9.85. The summed E-state index contributed by atoms with van der Waals surface area (Å²) in [6.45, 7) is 10.5. The van der Waals surface area contributed by atoms with Crippen LogP contribution in [0.2, 0.25) is 0 Å². The quantitative estimate of drug-likeness (QED) is 0.359. The molecule has 0 radical (unpaired) electrons. The molecule has 2 saturated heterocycles. The van der Waals surface area contributed by atoms with Crippen LogP contribution in [0.5, 0.6) is 0 Å². The van der Waals surface area contributed by atoms with Crippen LogP contribution in [0.1, 0.15) is 53.0 Å². The third-order valence-corrected chi connectivity index (χ3v) is 8.69. The van der Waals surface area contributed by atoms with Gasteiger partial charge >= 0.3 is 6.09 Å². The molecule has 0 aromatic heterocycles. The predicted molar refractivity (Wildman–Crippen MR) is 146 cm³/mol. The average molecular weight is 556 g/mol. The molecule has 6 atom stereocenters. The molecule has 1 aromatic carbocycles. The summed E-state index contributed by atoms with van der Waals surface area (Å²) in [6, 6.07) is 6.38. The van der Waals surface area contributed by atoms with Crippen LogP contribution >= 0.6 is 0 Å². The number of hydrogen-bond donors (Lipinski definition) is 4. The number of carbonyl (C=O) groups is 5. The standard InChI is InChI=1S/C29H41N5O6/c1-28(2,3)22(33-27(39)40-15-16-9-7-6-8-10-16)26(38)34-14-18-20(29(18,4)5)21(34)25(37)32-19(23(30)35)13-17-11-12-31-24(17)36/h6-10,17-22H,11-15H2,1-5H3,(H2,30,35)(H,31,36)(H,32,37)(H,33,39)/t17-,18-,19-,20-,21-,22+/m0/s1. The minimum Gasteiger partial charge on any atom is -0.445 e. The smallest absolute Gasteiger partial charge is 0.408 e. The Bertz CT molecular complexity index is 1160. The molecule has 5 N–H and O–H groups in total. The van der Waals surface area contributed by atoms with Gasteiger partial charge < -0.3 is 31.3 Å². The van der Waals surface area contributed by atoms with E-state index in [1.807, 2.05) is 51.1 Å². The van der Waals surface area contributed by atoms with E-state index in [1.165, 1.54) is 4.90 Å². The number of rotatable bonds is 9. The Hall–Kier alpha value is -3.63. The maximum atomic E-state index is 14.0. The molecule has 1 aliphatic carbocycles. The van der Waals surface area contributed by atoms with Gasteiger partial charge in [-0.2, -0.15) is 0 Å². The second kappa shape index (κ2) is 11.1. The summed E-state index contributed by atoms with van der Waals surface area (Å²) >= 11 is 0. The zero-order chi connectivity index (χ0) is 29.4. The number of carbonyl (C=O) groups excluding carboxylic acids is 5. The minimum atomic E-state index is -1.04. The highest BCUT2D eigenvalue weighted by molar-refractivity contribution is 5.95. The number of fused-ring (bicyclic) bond motifs is 1. The van der Waals surface area contributed by atoms with Gasteiger partial charge in [0, 0.05) is 19.0 Å². The zero-order valence-electron chi connectivity index (χ0n) is 23.9. The molecule has 1 aromatic rings. The van der Waals surface area contributed by atoms with Gasteiger partial charge in [0.2, 0.25) is 23.6 Å². The number of benzene rings is 1. The number of piperidine rings is 1. The maximum absolute atomic E-state index is 14.0. The number of nitrogens with two attached hydrogens (primary N) is 1. The number of ether oxygens (including phenoxy) is 1. The van der Waals surface area contributed by atoms with Crippen LogP contribution in [0.4, 0.5) is 4.79 Å². The summed E-state index contributed by atoms with van der Waals surface area (Å²) in [6.07, 6.45) is -0.0694. The average Bonchev–Trinajstić information content (AvgIpc) is 3.23. The molecule has 218 valence electrons. The molecule has 2 heterocycles. The minimum absolute atomic E-state index is 0.0539. The number of nitrogens with zero attached hydrogens (tertiary/aromatic N) is 1. The molecule has 4 rings (SSSR count). The van der Waals surface area contributed by atoms with Crippen molar-refractivity contribution in [2.45, 2.75) is 72.2 Å². The van der Waals surface area contributed by atoms with Gasteiger partial charge in [-0.3, -0.25) is 19.2 Å². The normalized spacial score (nSPS) is 26.2. The van der Waals surface area contributed by atoms with Crippen LogP contribution in [0, 0.1) is 28.6 Å². The topological polar surface area (TPSA) is 160 Å². The van der Waals surface area contributed by atoms with Crippen molar-refractivity contribution in [3.05, 3.63) is 35.9 Å². The molecular formula is C29H41N5O6. The van der Waals surface area contributed by atoms with Crippen molar-refractivity contribution in [3.63, 3.8) is 0 Å². The zero-order valence-corrected chi connectivity index (χ0v) is 23.9. The fraction of sp³-hybridized carbons (Fsp3) is 0.621. The molecule has 40 heavy (non-hydrogen) atoms. The number of likely N-dealkylation sites (tertiary alicyclic amines) is 1. The second-order valence-electron chi connectivity index (χ2n) is 12.9. The molecule has 0 spiro atoms. The summed E-state index contributed by atoms with van der Waals surface area (Å²) in [7, 11) is 0. The van der Waals surface area contributed by atoms with Gasteiger partial charge in [-0.15, -0.1) is 0 Å². The predicted octanol–water partition coefficient (Wildman–Crippen LogP) is 1.31. The van der Waals surface area contributed by atoms with E-state index >= 15 is 0 Å². The molecule has 11 heteroatoms. The summed E-state index contributed by atoms with van der Waals surface area (Å²) in [4.78, 5) is 66.2. The molecule has 3 aliphatic rings. The van der Waals surface area contributed by atoms with Gasteiger partial charge in [0.1, 0.15) is 24.7 Å². The Labute approximate surface area is 234 Å². The van der Waals surface area contributed by atoms with Gasteiger partial charge in [-0.1, -0.05) is 65.0 Å². The molecular weight excluding hydrogens is 514 g/mol. The van der Waals surface area contributed by atoms with E-state index in [1.54, 1.807) is 0 Å². The molecule has 0 unspecified atom stereocenters. The lowest BCUT2D eigenvalue weighted by Crippen LogP contribution is -2.60. The Kier molecular flexibility index (Phi) is 8.14. The molecule has 0 bridgehead atoms. The van der Waals surface area contributed by atoms with Gasteiger partial charge in [-0.25, -0.2) is 4.79 Å². The van der Waals surface area contributed by atoms with Crippen molar-refractivity contribution in [1.29, 1.82) is 0 Å². The van der Waals surface area contributed by atoms with Crippen molar-refractivity contribution in [2.75, 3.05) is 13.1 Å². The van der Waals surface area contributed by atoms with E-state index in [4.69, 9.17) is 10.5 Å². The monoisotopic (exact) mass is 555 g/mol. The fourth-order valence-electron chi connectivity index (χ4n) is 6.17. The second-order valence-corrected chi connectivity index (χ2v) is 12.9. The van der Waals surface area contributed by atoms with Gasteiger partial charge in [0.25, 0.3) is 0 Å². The molecule has 5 amide bonds. The fourth-order valence-corrected chi connectivity index (χ4v) is 6.17. The van der Waals surface area contributed by atoms with Crippen LogP contribution in [-0.2, 0) is 30.5 Å². The van der Waals surface area contributed by atoms with Crippen LogP contribution in [0.15, 0.2) is 30.3 Å². The summed E-state index contributed by atoms with van der Waals surface area (Å²) in [5.74, 6) is -2.19. The van der Waals surface area contributed by atoms with Crippen LogP contribution in [0.3, 0.4) is 0 Å². The van der Waals surface area contributed by atoms with Crippen molar-refractivity contribution < 1.29 is 28.7 Å². The lowest BCUT2D eigenvalue weighted by Gasteiger charge is -2.37. The van der Waals surface area contributed by atoms with E-state index < -0.39 is 53.3 Å². The highest BCUT2D eigenvalue weighted by atomic mass is 16.5. The van der Waals surface area contributed by atoms with Gasteiger partial charge in [0.15, 0.2) is 0 Å². The maximum Gasteiger partial charge on any atom is 0.408 e. The highest BCUT2D eigenvalue weighted by Gasteiger charge is 2.69. The first-order valence-electron chi connectivity index (χ1n) is 13.9. The number of primary amides is 1. The van der Waals surface area contributed by atoms with Crippen molar-refractivity contribution in [1.82, 2.24) is 20.9 Å². The number of hydrogen-bond acceptors (Lipinski definition) is 6. The highest BCUT2D eigenvalue weighted by Crippen LogP contribution is 2.65. The lowest BCUT2D eigenvalue weighted by molar-refractivity contribution is -0.144. The van der Waals surface area contributed by atoms with E-state index in [-0.39, 0.29) is 36.2 Å². The number of alkyl carbamates (subject to hydrolysis) is 1. The summed E-state index contributed by atoms with van der Waals surface area (Å²) in [5.41, 5.74) is 5.57.